The lowest BCUT2D eigenvalue weighted by Crippen LogP contribution is -2.36. The zero-order chi connectivity index (χ0) is 14.3. The largest absolute Gasteiger partial charge is 0.378 e. The fourth-order valence-corrected chi connectivity index (χ4v) is 2.80. The molecule has 2 rings (SSSR count). The van der Waals surface area contributed by atoms with E-state index in [0.29, 0.717) is 19.1 Å². The molecule has 0 heterocycles. The molecule has 0 aliphatic heterocycles. The second-order valence-electron chi connectivity index (χ2n) is 5.68. The first kappa shape index (κ1) is 15.0. The molecule has 0 spiro atoms. The smallest absolute Gasteiger partial charge is 0.132 e. The quantitative estimate of drug-likeness (QED) is 0.835. The van der Waals surface area contributed by atoms with Crippen LogP contribution >= 0.6 is 0 Å². The molecule has 108 valence electrons. The van der Waals surface area contributed by atoms with Crippen molar-refractivity contribution in [3.8, 4) is 6.07 Å². The van der Waals surface area contributed by atoms with Crippen LogP contribution in [0.25, 0.3) is 0 Å². The highest BCUT2D eigenvalue weighted by Gasteiger charge is 2.27. The number of rotatable bonds is 5. The number of benzene rings is 1. The third-order valence-corrected chi connectivity index (χ3v) is 4.14. The second kappa shape index (κ2) is 7.42. The van der Waals surface area contributed by atoms with Gasteiger partial charge in [-0.3, -0.25) is 0 Å². The van der Waals surface area contributed by atoms with E-state index in [9.17, 15) is 5.26 Å². The zero-order valence-corrected chi connectivity index (χ0v) is 12.1. The summed E-state index contributed by atoms with van der Waals surface area (Å²) in [6, 6.07) is 11.8. The monoisotopic (exact) mass is 272 g/mol. The molecule has 0 bridgehead atoms. The molecule has 1 saturated carbocycles. The van der Waals surface area contributed by atoms with E-state index in [4.69, 9.17) is 10.5 Å². The van der Waals surface area contributed by atoms with Gasteiger partial charge in [-0.25, -0.2) is 0 Å². The molecule has 20 heavy (non-hydrogen) atoms. The maximum Gasteiger partial charge on any atom is 0.132 e. The van der Waals surface area contributed by atoms with Gasteiger partial charge >= 0.3 is 0 Å². The molecular formula is C17H24N2O. The van der Waals surface area contributed by atoms with Gasteiger partial charge in [0.1, 0.15) is 5.54 Å². The van der Waals surface area contributed by atoms with E-state index in [1.165, 1.54) is 25.7 Å². The molecular weight excluding hydrogens is 248 g/mol. The van der Waals surface area contributed by atoms with Crippen LogP contribution in [0.2, 0.25) is 0 Å². The normalized spacial score (nSPS) is 19.8. The highest BCUT2D eigenvalue weighted by molar-refractivity contribution is 5.30. The highest BCUT2D eigenvalue weighted by Crippen LogP contribution is 2.24. The molecule has 0 saturated heterocycles. The molecule has 1 unspecified atom stereocenters. The molecule has 0 aromatic heterocycles. The number of nitrogens with two attached hydrogens (primary N) is 1. The van der Waals surface area contributed by atoms with Gasteiger partial charge in [0.15, 0.2) is 0 Å². The van der Waals surface area contributed by atoms with Crippen molar-refractivity contribution in [3.05, 3.63) is 35.9 Å². The third-order valence-electron chi connectivity index (χ3n) is 4.14. The number of nitriles is 1. The maximum absolute atomic E-state index is 9.39. The van der Waals surface area contributed by atoms with Gasteiger partial charge in [-0.2, -0.15) is 5.26 Å². The number of hydrogen-bond donors (Lipinski definition) is 1. The fraction of sp³-hybridized carbons (Fsp3) is 0.588. The number of nitrogens with zero attached hydrogens (tertiary/aromatic N) is 1. The van der Waals surface area contributed by atoms with Crippen molar-refractivity contribution in [2.24, 2.45) is 5.73 Å². The zero-order valence-electron chi connectivity index (χ0n) is 12.1. The first-order valence-electron chi connectivity index (χ1n) is 7.62. The predicted molar refractivity (Wildman–Crippen MR) is 80.0 cm³/mol. The van der Waals surface area contributed by atoms with Crippen molar-refractivity contribution in [2.45, 2.75) is 56.6 Å². The van der Waals surface area contributed by atoms with Crippen LogP contribution in [0.3, 0.4) is 0 Å². The van der Waals surface area contributed by atoms with E-state index < -0.39 is 5.54 Å². The Morgan fingerprint density at radius 1 is 1.15 bits per heavy atom. The molecule has 1 aliphatic carbocycles. The molecule has 0 radical (unpaired) electrons. The first-order valence-corrected chi connectivity index (χ1v) is 7.62. The summed E-state index contributed by atoms with van der Waals surface area (Å²) in [4.78, 5) is 0. The molecule has 2 N–H and O–H groups in total. The maximum atomic E-state index is 9.39. The van der Waals surface area contributed by atoms with Crippen LogP contribution in [-0.4, -0.2) is 12.7 Å². The molecule has 0 amide bonds. The van der Waals surface area contributed by atoms with Crippen LogP contribution in [0.4, 0.5) is 0 Å². The lowest BCUT2D eigenvalue weighted by Gasteiger charge is -2.23. The molecule has 3 heteroatoms. The van der Waals surface area contributed by atoms with Crippen LogP contribution in [0.15, 0.2) is 30.3 Å². The van der Waals surface area contributed by atoms with E-state index >= 15 is 0 Å². The third kappa shape index (κ3) is 4.06. The van der Waals surface area contributed by atoms with Crippen molar-refractivity contribution in [1.29, 1.82) is 5.26 Å². The van der Waals surface area contributed by atoms with Gasteiger partial charge in [-0.15, -0.1) is 0 Å². The van der Waals surface area contributed by atoms with Gasteiger partial charge in [0, 0.05) is 6.42 Å². The molecule has 1 aromatic rings. The van der Waals surface area contributed by atoms with Crippen LogP contribution in [0, 0.1) is 11.3 Å². The molecule has 1 aliphatic rings. The average Bonchev–Trinajstić information content (AvgIpc) is 2.77. The summed E-state index contributed by atoms with van der Waals surface area (Å²) in [6.45, 7) is 0.559. The van der Waals surface area contributed by atoms with Gasteiger partial charge in [-0.05, 0) is 18.4 Å². The lowest BCUT2D eigenvalue weighted by atomic mass is 9.89. The van der Waals surface area contributed by atoms with Gasteiger partial charge in [0.05, 0.1) is 18.8 Å². The molecule has 1 fully saturated rings. The Morgan fingerprint density at radius 2 is 1.80 bits per heavy atom. The average molecular weight is 272 g/mol. The Labute approximate surface area is 121 Å². The van der Waals surface area contributed by atoms with Crippen LogP contribution in [0.5, 0.6) is 0 Å². The van der Waals surface area contributed by atoms with Crippen molar-refractivity contribution in [1.82, 2.24) is 0 Å². The van der Waals surface area contributed by atoms with E-state index in [-0.39, 0.29) is 0 Å². The van der Waals surface area contributed by atoms with Crippen molar-refractivity contribution in [2.75, 3.05) is 6.61 Å². The van der Waals surface area contributed by atoms with E-state index in [0.717, 1.165) is 18.4 Å². The lowest BCUT2D eigenvalue weighted by molar-refractivity contribution is 0.0356. The van der Waals surface area contributed by atoms with Crippen LogP contribution < -0.4 is 5.73 Å². The number of hydrogen-bond acceptors (Lipinski definition) is 3. The van der Waals surface area contributed by atoms with E-state index in [1.807, 2.05) is 30.3 Å². The van der Waals surface area contributed by atoms with Crippen LogP contribution in [0.1, 0.15) is 50.5 Å². The summed E-state index contributed by atoms with van der Waals surface area (Å²) in [5, 5.41) is 9.39. The Hall–Kier alpha value is -1.37. The van der Waals surface area contributed by atoms with Gasteiger partial charge in [0.2, 0.25) is 0 Å². The van der Waals surface area contributed by atoms with Crippen molar-refractivity contribution < 1.29 is 4.74 Å². The standard InChI is InChI=1S/C17H24N2O/c18-14-17(19,15-8-4-3-5-9-15)12-13-20-16-10-6-1-2-7-11-16/h3-5,8-9,16H,1-2,6-7,10-13,19H2. The summed E-state index contributed by atoms with van der Waals surface area (Å²) >= 11 is 0. The molecule has 1 atom stereocenters. The minimum absolute atomic E-state index is 0.358. The van der Waals surface area contributed by atoms with Gasteiger partial charge in [0.25, 0.3) is 0 Å². The van der Waals surface area contributed by atoms with Crippen molar-refractivity contribution >= 4 is 0 Å². The van der Waals surface area contributed by atoms with E-state index in [2.05, 4.69) is 6.07 Å². The molecule has 1 aromatic carbocycles. The van der Waals surface area contributed by atoms with Crippen molar-refractivity contribution in [3.63, 3.8) is 0 Å². The SMILES string of the molecule is N#CC(N)(CCOC1CCCCCC1)c1ccccc1. The summed E-state index contributed by atoms with van der Waals surface area (Å²) in [5.41, 5.74) is 6.15. The molecule has 3 nitrogen and oxygen atoms in total. The fourth-order valence-electron chi connectivity index (χ4n) is 2.80. The minimum atomic E-state index is -0.939. The summed E-state index contributed by atoms with van der Waals surface area (Å²) in [5.74, 6) is 0. The Bertz CT molecular complexity index is 432. The first-order chi connectivity index (χ1) is 9.74. The summed E-state index contributed by atoms with van der Waals surface area (Å²) in [7, 11) is 0. The highest BCUT2D eigenvalue weighted by atomic mass is 16.5. The van der Waals surface area contributed by atoms with E-state index in [1.54, 1.807) is 0 Å². The predicted octanol–water partition coefficient (Wildman–Crippen LogP) is 3.49. The summed E-state index contributed by atoms with van der Waals surface area (Å²) < 4.78 is 5.95. The second-order valence-corrected chi connectivity index (χ2v) is 5.68. The Kier molecular flexibility index (Phi) is 5.58. The Balaban J connectivity index is 1.86. The van der Waals surface area contributed by atoms with Gasteiger partial charge < -0.3 is 10.5 Å². The topological polar surface area (TPSA) is 59.0 Å². The van der Waals surface area contributed by atoms with Crippen LogP contribution in [-0.2, 0) is 10.3 Å². The number of ether oxygens (including phenoxy) is 1. The summed E-state index contributed by atoms with van der Waals surface area (Å²) in [6.07, 6.45) is 8.36. The van der Waals surface area contributed by atoms with Gasteiger partial charge in [-0.1, -0.05) is 56.0 Å². The Morgan fingerprint density at radius 3 is 2.40 bits per heavy atom. The minimum Gasteiger partial charge on any atom is -0.378 e.